The largest absolute Gasteiger partial charge is 0.305 e. The van der Waals surface area contributed by atoms with Crippen LogP contribution in [0.2, 0.25) is 0 Å². The van der Waals surface area contributed by atoms with Gasteiger partial charge in [-0.1, -0.05) is 12.2 Å². The standard InChI is InChI=1S/C5H10ClNO/c1-8-7-5-3-2-4-6/h2-3,7H,4-5H2,1H3/b3-2+. The van der Waals surface area contributed by atoms with Crippen molar-refractivity contribution in [2.45, 2.75) is 0 Å². The molecule has 0 fully saturated rings. The minimum Gasteiger partial charge on any atom is -0.305 e. The van der Waals surface area contributed by atoms with Gasteiger partial charge in [-0.3, -0.25) is 0 Å². The minimum atomic E-state index is 0.561. The summed E-state index contributed by atoms with van der Waals surface area (Å²) >= 11 is 5.33. The summed E-state index contributed by atoms with van der Waals surface area (Å²) in [5.74, 6) is 0.561. The highest BCUT2D eigenvalue weighted by Crippen LogP contribution is 1.75. The van der Waals surface area contributed by atoms with Crippen LogP contribution in [-0.2, 0) is 4.84 Å². The minimum absolute atomic E-state index is 0.561. The molecule has 0 atom stereocenters. The SMILES string of the molecule is CONC/C=C/CCl. The van der Waals surface area contributed by atoms with E-state index in [9.17, 15) is 0 Å². The molecule has 0 unspecified atom stereocenters. The van der Waals surface area contributed by atoms with E-state index in [4.69, 9.17) is 11.6 Å². The van der Waals surface area contributed by atoms with Crippen molar-refractivity contribution in [2.24, 2.45) is 0 Å². The van der Waals surface area contributed by atoms with Crippen molar-refractivity contribution in [3.63, 3.8) is 0 Å². The second-order valence-corrected chi connectivity index (χ2v) is 1.49. The van der Waals surface area contributed by atoms with Gasteiger partial charge in [-0.25, -0.2) is 0 Å². The predicted octanol–water partition coefficient (Wildman–Crippen LogP) is 0.932. The molecule has 1 N–H and O–H groups in total. The Morgan fingerprint density at radius 3 is 2.88 bits per heavy atom. The molecular formula is C5H10ClNO. The first-order valence-electron chi connectivity index (χ1n) is 2.38. The zero-order chi connectivity index (χ0) is 6.24. The molecule has 0 spiro atoms. The molecule has 0 heterocycles. The number of halogens is 1. The first kappa shape index (κ1) is 7.95. The number of allylic oxidation sites excluding steroid dienone is 1. The molecule has 0 aromatic rings. The Morgan fingerprint density at radius 1 is 1.62 bits per heavy atom. The van der Waals surface area contributed by atoms with E-state index in [1.165, 1.54) is 0 Å². The Morgan fingerprint density at radius 2 is 2.38 bits per heavy atom. The molecule has 0 rings (SSSR count). The van der Waals surface area contributed by atoms with Crippen LogP contribution in [0.5, 0.6) is 0 Å². The summed E-state index contributed by atoms with van der Waals surface area (Å²) in [5, 5.41) is 0. The van der Waals surface area contributed by atoms with Crippen molar-refractivity contribution in [3.8, 4) is 0 Å². The molecule has 2 nitrogen and oxygen atoms in total. The van der Waals surface area contributed by atoms with Crippen LogP contribution >= 0.6 is 11.6 Å². The number of hydroxylamine groups is 1. The van der Waals surface area contributed by atoms with E-state index < -0.39 is 0 Å². The lowest BCUT2D eigenvalue weighted by Gasteiger charge is -1.91. The third-order valence-electron chi connectivity index (χ3n) is 0.601. The molecule has 48 valence electrons. The van der Waals surface area contributed by atoms with E-state index >= 15 is 0 Å². The fourth-order valence-corrected chi connectivity index (χ4v) is 0.404. The highest BCUT2D eigenvalue weighted by Gasteiger charge is 1.71. The van der Waals surface area contributed by atoms with Gasteiger partial charge in [0.2, 0.25) is 0 Å². The topological polar surface area (TPSA) is 21.3 Å². The van der Waals surface area contributed by atoms with E-state index in [0.717, 1.165) is 0 Å². The lowest BCUT2D eigenvalue weighted by Crippen LogP contribution is -2.10. The number of nitrogens with one attached hydrogen (secondary N) is 1. The van der Waals surface area contributed by atoms with E-state index in [1.807, 2.05) is 12.2 Å². The Labute approximate surface area is 54.4 Å². The lowest BCUT2D eigenvalue weighted by atomic mass is 10.5. The maximum Gasteiger partial charge on any atom is 0.0572 e. The average molecular weight is 136 g/mol. The van der Waals surface area contributed by atoms with Gasteiger partial charge in [0, 0.05) is 12.4 Å². The van der Waals surface area contributed by atoms with Gasteiger partial charge >= 0.3 is 0 Å². The van der Waals surface area contributed by atoms with Crippen LogP contribution in [0.1, 0.15) is 0 Å². The normalized spacial score (nSPS) is 10.8. The first-order valence-corrected chi connectivity index (χ1v) is 2.92. The summed E-state index contributed by atoms with van der Waals surface area (Å²) in [6.45, 7) is 0.712. The molecule has 3 heteroatoms. The summed E-state index contributed by atoms with van der Waals surface area (Å²) in [5.41, 5.74) is 2.64. The molecular weight excluding hydrogens is 126 g/mol. The molecule has 8 heavy (non-hydrogen) atoms. The third kappa shape index (κ3) is 5.95. The van der Waals surface area contributed by atoms with Gasteiger partial charge in [0.1, 0.15) is 0 Å². The Balaban J connectivity index is 2.80. The van der Waals surface area contributed by atoms with E-state index in [0.29, 0.717) is 12.4 Å². The molecule has 0 radical (unpaired) electrons. The van der Waals surface area contributed by atoms with Crippen LogP contribution in [0.3, 0.4) is 0 Å². The summed E-state index contributed by atoms with van der Waals surface area (Å²) in [7, 11) is 1.58. The van der Waals surface area contributed by atoms with Crippen molar-refractivity contribution in [1.29, 1.82) is 0 Å². The van der Waals surface area contributed by atoms with Crippen molar-refractivity contribution >= 4 is 11.6 Å². The van der Waals surface area contributed by atoms with Crippen LogP contribution < -0.4 is 5.48 Å². The average Bonchev–Trinajstić information content (AvgIpc) is 1.81. The molecule has 0 aliphatic heterocycles. The van der Waals surface area contributed by atoms with Gasteiger partial charge in [-0.15, -0.1) is 11.6 Å². The van der Waals surface area contributed by atoms with Crippen molar-refractivity contribution in [1.82, 2.24) is 5.48 Å². The van der Waals surface area contributed by atoms with Crippen LogP contribution in [-0.4, -0.2) is 19.5 Å². The number of rotatable bonds is 4. The van der Waals surface area contributed by atoms with Crippen LogP contribution in [0.25, 0.3) is 0 Å². The van der Waals surface area contributed by atoms with Crippen LogP contribution in [0, 0.1) is 0 Å². The van der Waals surface area contributed by atoms with Gasteiger partial charge in [0.25, 0.3) is 0 Å². The molecule has 0 aromatic heterocycles. The maximum atomic E-state index is 5.33. The molecule has 0 bridgehead atoms. The van der Waals surface area contributed by atoms with E-state index in [1.54, 1.807) is 7.11 Å². The number of alkyl halides is 1. The summed E-state index contributed by atoms with van der Waals surface area (Å²) in [6.07, 6.45) is 3.75. The quantitative estimate of drug-likeness (QED) is 0.268. The zero-order valence-electron chi connectivity index (χ0n) is 4.86. The molecule has 0 amide bonds. The summed E-state index contributed by atoms with van der Waals surface area (Å²) in [6, 6.07) is 0. The molecule has 0 aliphatic rings. The highest BCUT2D eigenvalue weighted by molar-refractivity contribution is 6.18. The Hall–Kier alpha value is -0.0500. The van der Waals surface area contributed by atoms with Gasteiger partial charge < -0.3 is 4.84 Å². The Bertz CT molecular complexity index is 65.4. The smallest absolute Gasteiger partial charge is 0.0572 e. The first-order chi connectivity index (χ1) is 3.91. The fraction of sp³-hybridized carbons (Fsp3) is 0.600. The molecule has 0 saturated heterocycles. The van der Waals surface area contributed by atoms with Gasteiger partial charge in [-0.05, 0) is 0 Å². The zero-order valence-corrected chi connectivity index (χ0v) is 5.61. The van der Waals surface area contributed by atoms with Crippen LogP contribution in [0.15, 0.2) is 12.2 Å². The molecule has 0 aromatic carbocycles. The lowest BCUT2D eigenvalue weighted by molar-refractivity contribution is 0.101. The monoisotopic (exact) mass is 135 g/mol. The van der Waals surface area contributed by atoms with E-state index in [2.05, 4.69) is 10.3 Å². The highest BCUT2D eigenvalue weighted by atomic mass is 35.5. The molecule has 0 aliphatic carbocycles. The Kier molecular flexibility index (Phi) is 6.91. The third-order valence-corrected chi connectivity index (χ3v) is 0.779. The van der Waals surface area contributed by atoms with Crippen molar-refractivity contribution in [3.05, 3.63) is 12.2 Å². The number of hydrogen-bond acceptors (Lipinski definition) is 2. The van der Waals surface area contributed by atoms with Gasteiger partial charge in [0.15, 0.2) is 0 Å². The second kappa shape index (κ2) is 6.95. The summed E-state index contributed by atoms with van der Waals surface area (Å²) < 4.78 is 0. The van der Waals surface area contributed by atoms with E-state index in [-0.39, 0.29) is 0 Å². The maximum absolute atomic E-state index is 5.33. The van der Waals surface area contributed by atoms with Crippen molar-refractivity contribution < 1.29 is 4.84 Å². The summed E-state index contributed by atoms with van der Waals surface area (Å²) in [4.78, 5) is 4.54. The van der Waals surface area contributed by atoms with Gasteiger partial charge in [-0.2, -0.15) is 5.48 Å². The molecule has 0 saturated carbocycles. The predicted molar refractivity (Wildman–Crippen MR) is 34.9 cm³/mol. The fourth-order valence-electron chi connectivity index (χ4n) is 0.278. The number of hydrogen-bond donors (Lipinski definition) is 1. The van der Waals surface area contributed by atoms with Crippen molar-refractivity contribution in [2.75, 3.05) is 19.5 Å². The van der Waals surface area contributed by atoms with Crippen LogP contribution in [0.4, 0.5) is 0 Å². The second-order valence-electron chi connectivity index (χ2n) is 1.18. The van der Waals surface area contributed by atoms with Gasteiger partial charge in [0.05, 0.1) is 7.11 Å².